The van der Waals surface area contributed by atoms with E-state index in [0.29, 0.717) is 5.56 Å². The normalized spacial score (nSPS) is 20.6. The maximum Gasteiger partial charge on any atom is 0.131 e. The summed E-state index contributed by atoms with van der Waals surface area (Å²) in [5.74, 6) is 1.77. The Hall–Kier alpha value is -1.63. The summed E-state index contributed by atoms with van der Waals surface area (Å²) in [4.78, 5) is 0. The van der Waals surface area contributed by atoms with Gasteiger partial charge in [0.2, 0.25) is 0 Å². The summed E-state index contributed by atoms with van der Waals surface area (Å²) < 4.78 is 14.1. The maximum absolute atomic E-state index is 14.1. The molecule has 25 heavy (non-hydrogen) atoms. The highest BCUT2D eigenvalue weighted by molar-refractivity contribution is 5.64. The predicted molar refractivity (Wildman–Crippen MR) is 105 cm³/mol. The van der Waals surface area contributed by atoms with E-state index in [9.17, 15) is 4.39 Å². The van der Waals surface area contributed by atoms with Crippen molar-refractivity contribution in [3.63, 3.8) is 0 Å². The fourth-order valence-corrected chi connectivity index (χ4v) is 4.29. The van der Waals surface area contributed by atoms with Gasteiger partial charge in [-0.2, -0.15) is 0 Å². The van der Waals surface area contributed by atoms with Crippen LogP contribution < -0.4 is 0 Å². The van der Waals surface area contributed by atoms with E-state index in [2.05, 4.69) is 31.2 Å². The Labute approximate surface area is 152 Å². The lowest BCUT2D eigenvalue weighted by molar-refractivity contribution is 0.252. The first-order valence-electron chi connectivity index (χ1n) is 10.0. The minimum absolute atomic E-state index is 0.128. The van der Waals surface area contributed by atoms with Gasteiger partial charge in [-0.1, -0.05) is 81.8 Å². The zero-order chi connectivity index (χ0) is 17.6. The quantitative estimate of drug-likeness (QED) is 0.517. The molecule has 134 valence electrons. The van der Waals surface area contributed by atoms with Crippen LogP contribution in [0.2, 0.25) is 0 Å². The lowest BCUT2D eigenvalue weighted by atomic mass is 9.78. The van der Waals surface area contributed by atoms with Crippen molar-refractivity contribution in [2.45, 2.75) is 65.2 Å². The van der Waals surface area contributed by atoms with Crippen LogP contribution in [-0.2, 0) is 6.42 Å². The van der Waals surface area contributed by atoms with Crippen molar-refractivity contribution < 1.29 is 4.39 Å². The average Bonchev–Trinajstić information content (AvgIpc) is 2.62. The molecule has 0 spiro atoms. The van der Waals surface area contributed by atoms with Crippen molar-refractivity contribution in [2.75, 3.05) is 0 Å². The number of aryl methyl sites for hydroxylation is 2. The summed E-state index contributed by atoms with van der Waals surface area (Å²) in [7, 11) is 0. The van der Waals surface area contributed by atoms with Crippen LogP contribution in [0.5, 0.6) is 0 Å². The molecule has 2 aromatic carbocycles. The van der Waals surface area contributed by atoms with E-state index in [1.54, 1.807) is 6.07 Å². The number of halogens is 1. The van der Waals surface area contributed by atoms with E-state index in [4.69, 9.17) is 0 Å². The SMILES string of the molecule is CCCC1CCC(CCc2ccc(-c3ccc(C)cc3F)cc2)CC1. The summed E-state index contributed by atoms with van der Waals surface area (Å²) in [6.07, 6.45) is 10.9. The molecule has 0 saturated heterocycles. The summed E-state index contributed by atoms with van der Waals surface area (Å²) in [5, 5.41) is 0. The summed E-state index contributed by atoms with van der Waals surface area (Å²) in [6.45, 7) is 4.23. The third-order valence-electron chi connectivity index (χ3n) is 5.89. The molecule has 1 aliphatic rings. The molecule has 0 radical (unpaired) electrons. The second-order valence-electron chi connectivity index (χ2n) is 7.89. The maximum atomic E-state index is 14.1. The van der Waals surface area contributed by atoms with Crippen LogP contribution in [0.4, 0.5) is 4.39 Å². The fraction of sp³-hybridized carbons (Fsp3) is 0.500. The molecule has 0 unspecified atom stereocenters. The number of benzene rings is 2. The molecule has 1 saturated carbocycles. The van der Waals surface area contributed by atoms with Gasteiger partial charge >= 0.3 is 0 Å². The zero-order valence-corrected chi connectivity index (χ0v) is 15.7. The van der Waals surface area contributed by atoms with Gasteiger partial charge < -0.3 is 0 Å². The molecule has 0 aliphatic heterocycles. The molecule has 1 aliphatic carbocycles. The van der Waals surface area contributed by atoms with Gasteiger partial charge in [-0.3, -0.25) is 0 Å². The number of hydrogen-bond acceptors (Lipinski definition) is 0. The van der Waals surface area contributed by atoms with Crippen molar-refractivity contribution in [3.05, 3.63) is 59.4 Å². The Morgan fingerprint density at radius 1 is 0.880 bits per heavy atom. The van der Waals surface area contributed by atoms with Crippen LogP contribution in [0.15, 0.2) is 42.5 Å². The van der Waals surface area contributed by atoms with Crippen molar-refractivity contribution in [3.8, 4) is 11.1 Å². The van der Waals surface area contributed by atoms with E-state index in [0.717, 1.165) is 29.4 Å². The number of rotatable bonds is 6. The highest BCUT2D eigenvalue weighted by Gasteiger charge is 2.20. The Kier molecular flexibility index (Phi) is 6.29. The highest BCUT2D eigenvalue weighted by Crippen LogP contribution is 2.34. The smallest absolute Gasteiger partial charge is 0.131 e. The number of hydrogen-bond donors (Lipinski definition) is 0. The van der Waals surface area contributed by atoms with Gasteiger partial charge in [-0.05, 0) is 54.4 Å². The van der Waals surface area contributed by atoms with E-state index in [1.807, 2.05) is 19.1 Å². The molecule has 1 fully saturated rings. The third kappa shape index (κ3) is 4.93. The van der Waals surface area contributed by atoms with Crippen LogP contribution in [-0.4, -0.2) is 0 Å². The van der Waals surface area contributed by atoms with Crippen LogP contribution in [0.3, 0.4) is 0 Å². The van der Waals surface area contributed by atoms with Crippen molar-refractivity contribution in [1.29, 1.82) is 0 Å². The molecular weight excluding hydrogens is 307 g/mol. The van der Waals surface area contributed by atoms with Crippen LogP contribution in [0.25, 0.3) is 11.1 Å². The zero-order valence-electron chi connectivity index (χ0n) is 15.7. The van der Waals surface area contributed by atoms with Gasteiger partial charge in [0.25, 0.3) is 0 Å². The molecule has 0 amide bonds. The Bertz CT molecular complexity index is 663. The van der Waals surface area contributed by atoms with E-state index < -0.39 is 0 Å². The molecule has 0 N–H and O–H groups in total. The highest BCUT2D eigenvalue weighted by atomic mass is 19.1. The fourth-order valence-electron chi connectivity index (χ4n) is 4.29. The first-order chi connectivity index (χ1) is 12.2. The molecule has 0 heterocycles. The van der Waals surface area contributed by atoms with Gasteiger partial charge in [-0.25, -0.2) is 4.39 Å². The Morgan fingerprint density at radius 3 is 2.12 bits per heavy atom. The molecule has 3 rings (SSSR count). The van der Waals surface area contributed by atoms with E-state index >= 15 is 0 Å². The van der Waals surface area contributed by atoms with Gasteiger partial charge in [0.05, 0.1) is 0 Å². The van der Waals surface area contributed by atoms with Crippen molar-refractivity contribution in [1.82, 2.24) is 0 Å². The van der Waals surface area contributed by atoms with Crippen molar-refractivity contribution >= 4 is 0 Å². The summed E-state index contributed by atoms with van der Waals surface area (Å²) in [6, 6.07) is 14.0. The minimum Gasteiger partial charge on any atom is -0.206 e. The van der Waals surface area contributed by atoms with E-state index in [-0.39, 0.29) is 5.82 Å². The van der Waals surface area contributed by atoms with Crippen molar-refractivity contribution in [2.24, 2.45) is 11.8 Å². The Morgan fingerprint density at radius 2 is 1.52 bits per heavy atom. The first kappa shape index (κ1) is 18.2. The lowest BCUT2D eigenvalue weighted by Crippen LogP contribution is -2.15. The molecule has 0 atom stereocenters. The summed E-state index contributed by atoms with van der Waals surface area (Å²) in [5.41, 5.74) is 4.02. The third-order valence-corrected chi connectivity index (χ3v) is 5.89. The standard InChI is InChI=1S/C24H31F/c1-3-4-19-6-8-20(9-7-19)10-11-21-12-14-22(15-13-21)23-16-5-18(2)17-24(23)25/h5,12-17,19-20H,3-4,6-11H2,1-2H3. The largest absolute Gasteiger partial charge is 0.206 e. The van der Waals surface area contributed by atoms with Crippen LogP contribution in [0.1, 0.15) is 63.0 Å². The second kappa shape index (κ2) is 8.65. The first-order valence-corrected chi connectivity index (χ1v) is 10.0. The van der Waals surface area contributed by atoms with Crippen LogP contribution in [0, 0.1) is 24.6 Å². The summed E-state index contributed by atoms with van der Waals surface area (Å²) >= 11 is 0. The van der Waals surface area contributed by atoms with E-state index in [1.165, 1.54) is 50.5 Å². The van der Waals surface area contributed by atoms with Crippen LogP contribution >= 0.6 is 0 Å². The van der Waals surface area contributed by atoms with Gasteiger partial charge in [-0.15, -0.1) is 0 Å². The van der Waals surface area contributed by atoms with Gasteiger partial charge in [0.15, 0.2) is 0 Å². The predicted octanol–water partition coefficient (Wildman–Crippen LogP) is 7.34. The Balaban J connectivity index is 1.53. The lowest BCUT2D eigenvalue weighted by Gasteiger charge is -2.28. The topological polar surface area (TPSA) is 0 Å². The molecule has 0 aromatic heterocycles. The molecule has 0 nitrogen and oxygen atoms in total. The monoisotopic (exact) mass is 338 g/mol. The molecular formula is C24H31F. The van der Waals surface area contributed by atoms with Gasteiger partial charge in [0.1, 0.15) is 5.82 Å². The molecule has 1 heteroatoms. The van der Waals surface area contributed by atoms with Gasteiger partial charge in [0, 0.05) is 5.56 Å². The molecule has 2 aromatic rings. The average molecular weight is 339 g/mol. The second-order valence-corrected chi connectivity index (χ2v) is 7.89. The minimum atomic E-state index is -0.128. The molecule has 0 bridgehead atoms.